The van der Waals surface area contributed by atoms with E-state index in [0.717, 1.165) is 38.4 Å². The van der Waals surface area contributed by atoms with E-state index in [4.69, 9.17) is 0 Å². The number of piperidine rings is 1. The van der Waals surface area contributed by atoms with Gasteiger partial charge < -0.3 is 15.1 Å². The van der Waals surface area contributed by atoms with Crippen LogP contribution in [-0.2, 0) is 11.2 Å². The summed E-state index contributed by atoms with van der Waals surface area (Å²) in [6.07, 6.45) is 3.92. The summed E-state index contributed by atoms with van der Waals surface area (Å²) < 4.78 is 0. The molecule has 1 atom stereocenters. The topological polar surface area (TPSA) is 47.9 Å². The smallest absolute Gasteiger partial charge is 0.224 e. The number of likely N-dealkylation sites (N-methyl/N-ethyl adjacent to an activating group) is 1. The van der Waals surface area contributed by atoms with Crippen molar-refractivity contribution in [2.45, 2.75) is 32.6 Å². The third kappa shape index (κ3) is 7.52. The number of hydrogen-bond acceptors (Lipinski definition) is 3. The molecule has 2 rings (SSSR count). The van der Waals surface area contributed by atoms with Gasteiger partial charge in [0.25, 0.3) is 0 Å². The fraction of sp³-hybridized carbons (Fsp3) is 0.667. The van der Waals surface area contributed by atoms with E-state index in [2.05, 4.69) is 39.6 Å². The largest absolute Gasteiger partial charge is 0.356 e. The fourth-order valence-corrected chi connectivity index (χ4v) is 3.78. The number of nitrogens with zero attached hydrogens (tertiary/aromatic N) is 3. The zero-order valence-corrected chi connectivity index (χ0v) is 18.7. The molecule has 0 radical (unpaired) electrons. The Labute approximate surface area is 172 Å². The number of aliphatic imine (C=N–C) groups is 1. The van der Waals surface area contributed by atoms with Crippen LogP contribution in [0.5, 0.6) is 0 Å². The van der Waals surface area contributed by atoms with Crippen molar-refractivity contribution in [2.75, 3.05) is 40.3 Å². The van der Waals surface area contributed by atoms with Crippen molar-refractivity contribution in [3.63, 3.8) is 0 Å². The Morgan fingerprint density at radius 3 is 2.96 bits per heavy atom. The standard InChI is InChI=1S/C18H30N4OS.HI/c1-15-6-4-11-22(14-15)17(23)8-10-20-18(19-2)21(3)12-9-16-7-5-13-24-16;/h5,7,13,15H,4,6,8-12,14H2,1-3H3,(H,19,20);1H. The molecule has 0 saturated carbocycles. The zero-order chi connectivity index (χ0) is 17.4. The highest BCUT2D eigenvalue weighted by Crippen LogP contribution is 2.16. The number of halogens is 1. The molecule has 0 aliphatic carbocycles. The summed E-state index contributed by atoms with van der Waals surface area (Å²) in [4.78, 5) is 22.1. The molecule has 1 aromatic rings. The van der Waals surface area contributed by atoms with Gasteiger partial charge in [0, 0.05) is 51.6 Å². The molecule has 1 N–H and O–H groups in total. The Hall–Kier alpha value is -0.830. The van der Waals surface area contributed by atoms with Gasteiger partial charge in [0.15, 0.2) is 5.96 Å². The molecule has 5 nitrogen and oxygen atoms in total. The predicted octanol–water partition coefficient (Wildman–Crippen LogP) is 3.06. The third-order valence-electron chi connectivity index (χ3n) is 4.48. The number of rotatable bonds is 6. The maximum Gasteiger partial charge on any atom is 0.224 e. The summed E-state index contributed by atoms with van der Waals surface area (Å²) in [7, 11) is 3.83. The van der Waals surface area contributed by atoms with Gasteiger partial charge in [-0.05, 0) is 36.6 Å². The van der Waals surface area contributed by atoms with Crippen molar-refractivity contribution in [3.05, 3.63) is 22.4 Å². The Morgan fingerprint density at radius 1 is 1.52 bits per heavy atom. The number of carbonyl (C=O) groups excluding carboxylic acids is 1. The zero-order valence-electron chi connectivity index (χ0n) is 15.5. The van der Waals surface area contributed by atoms with Gasteiger partial charge >= 0.3 is 0 Å². The highest BCUT2D eigenvalue weighted by molar-refractivity contribution is 14.0. The molecule has 1 aromatic heterocycles. The second-order valence-corrected chi connectivity index (χ2v) is 7.59. The van der Waals surface area contributed by atoms with Crippen LogP contribution in [0.3, 0.4) is 0 Å². The molecule has 1 amide bonds. The van der Waals surface area contributed by atoms with E-state index in [1.807, 2.05) is 11.9 Å². The van der Waals surface area contributed by atoms with Gasteiger partial charge in [-0.3, -0.25) is 9.79 Å². The Bertz CT molecular complexity index is 535. The Morgan fingerprint density at radius 2 is 2.32 bits per heavy atom. The van der Waals surface area contributed by atoms with E-state index in [1.165, 1.54) is 11.3 Å². The molecule has 1 fully saturated rings. The van der Waals surface area contributed by atoms with Crippen molar-refractivity contribution in [3.8, 4) is 0 Å². The number of carbonyl (C=O) groups is 1. The van der Waals surface area contributed by atoms with Gasteiger partial charge in [-0.15, -0.1) is 35.3 Å². The van der Waals surface area contributed by atoms with Gasteiger partial charge in [-0.2, -0.15) is 0 Å². The summed E-state index contributed by atoms with van der Waals surface area (Å²) in [6.45, 7) is 5.60. The number of nitrogens with one attached hydrogen (secondary N) is 1. The van der Waals surface area contributed by atoms with E-state index >= 15 is 0 Å². The van der Waals surface area contributed by atoms with E-state index in [1.54, 1.807) is 18.4 Å². The molecular weight excluding hydrogens is 447 g/mol. The quantitative estimate of drug-likeness (QED) is 0.389. The maximum absolute atomic E-state index is 12.3. The minimum atomic E-state index is 0. The average molecular weight is 478 g/mol. The number of likely N-dealkylation sites (tertiary alicyclic amines) is 1. The summed E-state index contributed by atoms with van der Waals surface area (Å²) in [6, 6.07) is 4.24. The molecular formula is C18H31IN4OS. The van der Waals surface area contributed by atoms with E-state index in [0.29, 0.717) is 18.9 Å². The molecule has 1 aliphatic heterocycles. The van der Waals surface area contributed by atoms with Crippen LogP contribution in [0.25, 0.3) is 0 Å². The van der Waals surface area contributed by atoms with Gasteiger partial charge in [-0.1, -0.05) is 13.0 Å². The monoisotopic (exact) mass is 478 g/mol. The van der Waals surface area contributed by atoms with Crippen LogP contribution < -0.4 is 5.32 Å². The lowest BCUT2D eigenvalue weighted by molar-refractivity contribution is -0.132. The predicted molar refractivity (Wildman–Crippen MR) is 117 cm³/mol. The van der Waals surface area contributed by atoms with Gasteiger partial charge in [-0.25, -0.2) is 0 Å². The Balaban J connectivity index is 0.00000312. The first-order valence-corrected chi connectivity index (χ1v) is 9.70. The average Bonchev–Trinajstić information content (AvgIpc) is 3.10. The molecule has 142 valence electrons. The lowest BCUT2D eigenvalue weighted by Gasteiger charge is -2.31. The normalized spacial score (nSPS) is 17.8. The summed E-state index contributed by atoms with van der Waals surface area (Å²) in [5, 5.41) is 5.42. The first-order chi connectivity index (χ1) is 11.6. The SMILES string of the molecule is CN=C(NCCC(=O)N1CCCC(C)C1)N(C)CCc1cccs1.I. The fourth-order valence-electron chi connectivity index (χ4n) is 3.08. The van der Waals surface area contributed by atoms with E-state index < -0.39 is 0 Å². The van der Waals surface area contributed by atoms with Crippen LogP contribution in [0.1, 0.15) is 31.1 Å². The van der Waals surface area contributed by atoms with Gasteiger partial charge in [0.05, 0.1) is 0 Å². The molecule has 0 aromatic carbocycles. The lowest BCUT2D eigenvalue weighted by Crippen LogP contribution is -2.43. The van der Waals surface area contributed by atoms with Crippen molar-refractivity contribution < 1.29 is 4.79 Å². The number of hydrogen-bond donors (Lipinski definition) is 1. The second-order valence-electron chi connectivity index (χ2n) is 6.56. The first kappa shape index (κ1) is 22.2. The van der Waals surface area contributed by atoms with Crippen LogP contribution in [0.4, 0.5) is 0 Å². The van der Waals surface area contributed by atoms with E-state index in [9.17, 15) is 4.79 Å². The highest BCUT2D eigenvalue weighted by Gasteiger charge is 2.20. The molecule has 1 unspecified atom stereocenters. The molecule has 0 spiro atoms. The van der Waals surface area contributed by atoms with Crippen molar-refractivity contribution in [1.29, 1.82) is 0 Å². The summed E-state index contributed by atoms with van der Waals surface area (Å²) in [5.74, 6) is 1.74. The highest BCUT2D eigenvalue weighted by atomic mass is 127. The molecule has 7 heteroatoms. The van der Waals surface area contributed by atoms with Gasteiger partial charge in [0.2, 0.25) is 5.91 Å². The second kappa shape index (κ2) is 11.7. The van der Waals surface area contributed by atoms with Crippen LogP contribution >= 0.6 is 35.3 Å². The minimum absolute atomic E-state index is 0. The number of guanidine groups is 1. The minimum Gasteiger partial charge on any atom is -0.356 e. The maximum atomic E-state index is 12.3. The molecule has 0 bridgehead atoms. The summed E-state index contributed by atoms with van der Waals surface area (Å²) >= 11 is 1.78. The molecule has 1 saturated heterocycles. The van der Waals surface area contributed by atoms with Crippen LogP contribution in [0.15, 0.2) is 22.5 Å². The van der Waals surface area contributed by atoms with Crippen molar-refractivity contribution in [2.24, 2.45) is 10.9 Å². The van der Waals surface area contributed by atoms with Crippen molar-refractivity contribution >= 4 is 47.2 Å². The first-order valence-electron chi connectivity index (χ1n) is 8.82. The number of amides is 1. The molecule has 2 heterocycles. The van der Waals surface area contributed by atoms with Crippen LogP contribution in [-0.4, -0.2) is 61.9 Å². The van der Waals surface area contributed by atoms with Crippen molar-refractivity contribution in [1.82, 2.24) is 15.1 Å². The third-order valence-corrected chi connectivity index (χ3v) is 5.41. The molecule has 25 heavy (non-hydrogen) atoms. The summed E-state index contributed by atoms with van der Waals surface area (Å²) in [5.41, 5.74) is 0. The number of thiophene rings is 1. The molecule has 1 aliphatic rings. The van der Waals surface area contributed by atoms with Gasteiger partial charge in [0.1, 0.15) is 0 Å². The van der Waals surface area contributed by atoms with Crippen LogP contribution in [0, 0.1) is 5.92 Å². The lowest BCUT2D eigenvalue weighted by atomic mass is 10.00. The Kier molecular flexibility index (Phi) is 10.4. The van der Waals surface area contributed by atoms with Crippen LogP contribution in [0.2, 0.25) is 0 Å². The van der Waals surface area contributed by atoms with E-state index in [-0.39, 0.29) is 29.9 Å².